The molecule has 5 nitrogen and oxygen atoms in total. The summed E-state index contributed by atoms with van der Waals surface area (Å²) >= 11 is 5.67. The second kappa shape index (κ2) is 5.20. The Morgan fingerprint density at radius 2 is 2.35 bits per heavy atom. The molecule has 1 unspecified atom stereocenters. The van der Waals surface area contributed by atoms with E-state index in [1.54, 1.807) is 12.1 Å². The predicted molar refractivity (Wildman–Crippen MR) is 60.8 cm³/mol. The number of aromatic amines is 1. The Morgan fingerprint density at radius 1 is 1.53 bits per heavy atom. The first-order valence-corrected chi connectivity index (χ1v) is 5.45. The molecule has 0 fully saturated rings. The van der Waals surface area contributed by atoms with E-state index in [1.807, 2.05) is 6.92 Å². The summed E-state index contributed by atoms with van der Waals surface area (Å²) in [5.41, 5.74) is 0.546. The van der Waals surface area contributed by atoms with Gasteiger partial charge in [-0.15, -0.1) is 10.2 Å². The summed E-state index contributed by atoms with van der Waals surface area (Å²) in [6, 6.07) is 4.48. The van der Waals surface area contributed by atoms with Crippen LogP contribution in [0.2, 0.25) is 5.02 Å². The molecule has 2 aromatic rings. The first kappa shape index (κ1) is 11.9. The second-order valence-electron chi connectivity index (χ2n) is 3.61. The smallest absolute Gasteiger partial charge is 0.191 e. The van der Waals surface area contributed by atoms with Gasteiger partial charge in [-0.3, -0.25) is 0 Å². The molecule has 0 spiro atoms. The lowest BCUT2D eigenvalue weighted by Crippen LogP contribution is -2.20. The molecule has 1 heterocycles. The summed E-state index contributed by atoms with van der Waals surface area (Å²) in [6.07, 6.45) is 0. The van der Waals surface area contributed by atoms with E-state index in [2.05, 4.69) is 25.9 Å². The van der Waals surface area contributed by atoms with Gasteiger partial charge in [0.1, 0.15) is 5.82 Å². The van der Waals surface area contributed by atoms with Crippen LogP contribution in [0.25, 0.3) is 0 Å². The molecule has 0 saturated carbocycles. The standard InChI is InChI=1S/C10H11ClFN5/c1-6(10-14-16-17-15-10)13-5-7-2-3-8(11)4-9(7)12/h2-4,6,13H,5H2,1H3,(H,14,15,16,17). The van der Waals surface area contributed by atoms with Gasteiger partial charge in [-0.05, 0) is 19.1 Å². The highest BCUT2D eigenvalue weighted by Gasteiger charge is 2.10. The first-order valence-electron chi connectivity index (χ1n) is 5.07. The summed E-state index contributed by atoms with van der Waals surface area (Å²) in [5.74, 6) is 0.213. The number of halogens is 2. The van der Waals surface area contributed by atoms with Crippen LogP contribution in [-0.2, 0) is 6.54 Å². The summed E-state index contributed by atoms with van der Waals surface area (Å²) in [5, 5.41) is 17.0. The number of tetrazole rings is 1. The van der Waals surface area contributed by atoms with Gasteiger partial charge in [-0.1, -0.05) is 22.9 Å². The number of hydrogen-bond donors (Lipinski definition) is 2. The average molecular weight is 256 g/mol. The highest BCUT2D eigenvalue weighted by molar-refractivity contribution is 6.30. The van der Waals surface area contributed by atoms with Gasteiger partial charge in [0.05, 0.1) is 6.04 Å². The maximum atomic E-state index is 13.5. The number of rotatable bonds is 4. The van der Waals surface area contributed by atoms with Crippen molar-refractivity contribution in [1.29, 1.82) is 0 Å². The zero-order chi connectivity index (χ0) is 12.3. The van der Waals surface area contributed by atoms with Crippen LogP contribution < -0.4 is 5.32 Å². The highest BCUT2D eigenvalue weighted by atomic mass is 35.5. The molecular weight excluding hydrogens is 245 g/mol. The van der Waals surface area contributed by atoms with Crippen LogP contribution in [-0.4, -0.2) is 20.6 Å². The molecule has 0 bridgehead atoms. The fourth-order valence-corrected chi connectivity index (χ4v) is 1.53. The van der Waals surface area contributed by atoms with Gasteiger partial charge in [0.25, 0.3) is 0 Å². The number of nitrogens with one attached hydrogen (secondary N) is 2. The van der Waals surface area contributed by atoms with Crippen LogP contribution in [0, 0.1) is 5.82 Å². The average Bonchev–Trinajstić information content (AvgIpc) is 2.81. The monoisotopic (exact) mass is 255 g/mol. The van der Waals surface area contributed by atoms with Gasteiger partial charge in [0.15, 0.2) is 5.82 Å². The Bertz CT molecular complexity index is 487. The van der Waals surface area contributed by atoms with Crippen LogP contribution in [0.5, 0.6) is 0 Å². The molecule has 90 valence electrons. The van der Waals surface area contributed by atoms with Crippen LogP contribution >= 0.6 is 11.6 Å². The van der Waals surface area contributed by atoms with Crippen LogP contribution in [0.1, 0.15) is 24.4 Å². The Hall–Kier alpha value is -1.53. The second-order valence-corrected chi connectivity index (χ2v) is 4.04. The third-order valence-electron chi connectivity index (χ3n) is 2.36. The molecule has 0 saturated heterocycles. The summed E-state index contributed by atoms with van der Waals surface area (Å²) in [6.45, 7) is 2.25. The lowest BCUT2D eigenvalue weighted by atomic mass is 10.2. The van der Waals surface area contributed by atoms with Crippen LogP contribution in [0.3, 0.4) is 0 Å². The first-order chi connectivity index (χ1) is 8.16. The third-order valence-corrected chi connectivity index (χ3v) is 2.60. The molecule has 1 aromatic carbocycles. The molecule has 7 heteroatoms. The van der Waals surface area contributed by atoms with Crippen LogP contribution in [0.15, 0.2) is 18.2 Å². The van der Waals surface area contributed by atoms with Gasteiger partial charge in [0, 0.05) is 17.1 Å². The molecule has 0 radical (unpaired) electrons. The van der Waals surface area contributed by atoms with E-state index in [0.29, 0.717) is 23.0 Å². The van der Waals surface area contributed by atoms with Crippen molar-refractivity contribution in [2.24, 2.45) is 0 Å². The number of H-pyrrole nitrogens is 1. The van der Waals surface area contributed by atoms with Gasteiger partial charge in [-0.2, -0.15) is 5.21 Å². The van der Waals surface area contributed by atoms with E-state index < -0.39 is 0 Å². The van der Waals surface area contributed by atoms with Crippen molar-refractivity contribution >= 4 is 11.6 Å². The van der Waals surface area contributed by atoms with Crippen LogP contribution in [0.4, 0.5) is 4.39 Å². The highest BCUT2D eigenvalue weighted by Crippen LogP contribution is 2.15. The minimum atomic E-state index is -0.328. The van der Waals surface area contributed by atoms with Crippen molar-refractivity contribution in [3.05, 3.63) is 40.4 Å². The van der Waals surface area contributed by atoms with E-state index in [9.17, 15) is 4.39 Å². The minimum absolute atomic E-state index is 0.108. The minimum Gasteiger partial charge on any atom is -0.303 e. The number of benzene rings is 1. The molecule has 0 aliphatic heterocycles. The molecule has 2 rings (SSSR count). The largest absolute Gasteiger partial charge is 0.303 e. The number of nitrogens with zero attached hydrogens (tertiary/aromatic N) is 3. The van der Waals surface area contributed by atoms with Crippen molar-refractivity contribution in [3.63, 3.8) is 0 Å². The number of hydrogen-bond acceptors (Lipinski definition) is 4. The van der Waals surface area contributed by atoms with Gasteiger partial charge < -0.3 is 5.32 Å². The maximum Gasteiger partial charge on any atom is 0.191 e. The zero-order valence-corrected chi connectivity index (χ0v) is 9.87. The summed E-state index contributed by atoms with van der Waals surface area (Å²) in [4.78, 5) is 0. The quantitative estimate of drug-likeness (QED) is 0.875. The molecule has 1 atom stereocenters. The van der Waals surface area contributed by atoms with E-state index in [4.69, 9.17) is 11.6 Å². The van der Waals surface area contributed by atoms with Crippen molar-refractivity contribution in [1.82, 2.24) is 25.9 Å². The molecule has 0 aliphatic rings. The van der Waals surface area contributed by atoms with Crippen molar-refractivity contribution < 1.29 is 4.39 Å². The molecule has 17 heavy (non-hydrogen) atoms. The Morgan fingerprint density at radius 3 is 3.00 bits per heavy atom. The summed E-state index contributed by atoms with van der Waals surface area (Å²) in [7, 11) is 0. The van der Waals surface area contributed by atoms with E-state index >= 15 is 0 Å². The normalized spacial score (nSPS) is 12.6. The van der Waals surface area contributed by atoms with Crippen molar-refractivity contribution in [2.45, 2.75) is 19.5 Å². The topological polar surface area (TPSA) is 66.5 Å². The molecular formula is C10H11ClFN5. The van der Waals surface area contributed by atoms with E-state index in [-0.39, 0.29) is 11.9 Å². The maximum absolute atomic E-state index is 13.5. The van der Waals surface area contributed by atoms with E-state index in [0.717, 1.165) is 0 Å². The van der Waals surface area contributed by atoms with Crippen molar-refractivity contribution in [2.75, 3.05) is 0 Å². The van der Waals surface area contributed by atoms with Crippen molar-refractivity contribution in [3.8, 4) is 0 Å². The Kier molecular flexibility index (Phi) is 3.65. The Balaban J connectivity index is 1.98. The zero-order valence-electron chi connectivity index (χ0n) is 9.11. The predicted octanol–water partition coefficient (Wildman–Crippen LogP) is 1.84. The van der Waals surface area contributed by atoms with Gasteiger partial charge in [0.2, 0.25) is 0 Å². The van der Waals surface area contributed by atoms with Gasteiger partial charge in [-0.25, -0.2) is 4.39 Å². The van der Waals surface area contributed by atoms with E-state index in [1.165, 1.54) is 6.07 Å². The lowest BCUT2D eigenvalue weighted by molar-refractivity contribution is 0.526. The Labute approximate surface area is 102 Å². The third kappa shape index (κ3) is 2.98. The lowest BCUT2D eigenvalue weighted by Gasteiger charge is -2.10. The fraction of sp³-hybridized carbons (Fsp3) is 0.300. The molecule has 0 amide bonds. The summed E-state index contributed by atoms with van der Waals surface area (Å²) < 4.78 is 13.5. The SMILES string of the molecule is CC(NCc1ccc(Cl)cc1F)c1nn[nH]n1. The molecule has 1 aromatic heterocycles. The number of aromatic nitrogens is 4. The fourth-order valence-electron chi connectivity index (χ4n) is 1.37. The molecule has 2 N–H and O–H groups in total. The molecule has 0 aliphatic carbocycles. The van der Waals surface area contributed by atoms with Gasteiger partial charge >= 0.3 is 0 Å².